The summed E-state index contributed by atoms with van der Waals surface area (Å²) in [6, 6.07) is 16.8. The summed E-state index contributed by atoms with van der Waals surface area (Å²) in [6.45, 7) is 2.68. The average Bonchev–Trinajstić information content (AvgIpc) is 2.62. The second-order valence-electron chi connectivity index (χ2n) is 5.15. The van der Waals surface area contributed by atoms with Crippen molar-refractivity contribution in [1.29, 1.82) is 0 Å². The van der Waals surface area contributed by atoms with Gasteiger partial charge in [0, 0.05) is 12.7 Å². The lowest BCUT2D eigenvalue weighted by Gasteiger charge is -2.13. The van der Waals surface area contributed by atoms with Crippen LogP contribution in [-0.4, -0.2) is 25.8 Å². The van der Waals surface area contributed by atoms with Gasteiger partial charge in [0.15, 0.2) is 6.10 Å². The fourth-order valence-corrected chi connectivity index (χ4v) is 2.18. The maximum atomic E-state index is 12.2. The molecule has 5 heteroatoms. The summed E-state index contributed by atoms with van der Waals surface area (Å²) in [5, 5.41) is 4.02. The Morgan fingerprint density at radius 3 is 2.58 bits per heavy atom. The molecule has 2 aromatic rings. The third-order valence-electron chi connectivity index (χ3n) is 3.34. The fraction of sp³-hybridized carbons (Fsp3) is 0.263. The summed E-state index contributed by atoms with van der Waals surface area (Å²) in [5.41, 5.74) is 4.10. The summed E-state index contributed by atoms with van der Waals surface area (Å²) < 4.78 is 10.9. The van der Waals surface area contributed by atoms with Crippen LogP contribution in [0.15, 0.2) is 59.7 Å². The number of nitrogens with one attached hydrogen (secondary N) is 1. The summed E-state index contributed by atoms with van der Waals surface area (Å²) in [7, 11) is 1.49. The van der Waals surface area contributed by atoms with E-state index in [1.165, 1.54) is 7.11 Å². The Kier molecular flexibility index (Phi) is 6.98. The molecular formula is C19H22N2O3. The number of benzene rings is 2. The van der Waals surface area contributed by atoms with Crippen LogP contribution in [0.4, 0.5) is 0 Å². The van der Waals surface area contributed by atoms with Gasteiger partial charge in [0.1, 0.15) is 5.75 Å². The normalized spacial score (nSPS) is 12.1. The van der Waals surface area contributed by atoms with Crippen molar-refractivity contribution in [3.63, 3.8) is 0 Å². The van der Waals surface area contributed by atoms with Gasteiger partial charge in [-0.2, -0.15) is 5.10 Å². The third-order valence-corrected chi connectivity index (χ3v) is 3.34. The Morgan fingerprint density at radius 1 is 1.17 bits per heavy atom. The van der Waals surface area contributed by atoms with E-state index in [-0.39, 0.29) is 5.91 Å². The Bertz CT molecular complexity index is 671. The SMILES string of the molecule is CCCOc1ccccc1C=NNC(=O)[C@H](OC)c1ccccc1. The number of carbonyl (C=O) groups is 1. The highest BCUT2D eigenvalue weighted by Crippen LogP contribution is 2.17. The minimum absolute atomic E-state index is 0.327. The number of amides is 1. The lowest BCUT2D eigenvalue weighted by atomic mass is 10.1. The second-order valence-corrected chi connectivity index (χ2v) is 5.15. The lowest BCUT2D eigenvalue weighted by molar-refractivity contribution is -0.131. The van der Waals surface area contributed by atoms with Gasteiger partial charge in [0.25, 0.3) is 5.91 Å². The van der Waals surface area contributed by atoms with Crippen LogP contribution in [0, 0.1) is 0 Å². The zero-order valence-electron chi connectivity index (χ0n) is 13.9. The largest absolute Gasteiger partial charge is 0.493 e. The average molecular weight is 326 g/mol. The van der Waals surface area contributed by atoms with E-state index >= 15 is 0 Å². The molecule has 1 atom stereocenters. The second kappa shape index (κ2) is 9.47. The van der Waals surface area contributed by atoms with E-state index in [0.717, 1.165) is 23.3 Å². The predicted octanol–water partition coefficient (Wildman–Crippen LogP) is 3.31. The van der Waals surface area contributed by atoms with Crippen LogP contribution >= 0.6 is 0 Å². The van der Waals surface area contributed by atoms with Gasteiger partial charge in [0.2, 0.25) is 0 Å². The molecule has 0 saturated heterocycles. The molecule has 0 aliphatic carbocycles. The van der Waals surface area contributed by atoms with Crippen molar-refractivity contribution in [3.8, 4) is 5.75 Å². The van der Waals surface area contributed by atoms with Crippen molar-refractivity contribution in [2.75, 3.05) is 13.7 Å². The molecule has 0 bridgehead atoms. The topological polar surface area (TPSA) is 59.9 Å². The molecule has 0 saturated carbocycles. The van der Waals surface area contributed by atoms with Crippen molar-refractivity contribution < 1.29 is 14.3 Å². The summed E-state index contributed by atoms with van der Waals surface area (Å²) >= 11 is 0. The molecule has 2 aromatic carbocycles. The van der Waals surface area contributed by atoms with Gasteiger partial charge in [0.05, 0.1) is 12.8 Å². The first-order valence-electron chi connectivity index (χ1n) is 7.88. The monoisotopic (exact) mass is 326 g/mol. The van der Waals surface area contributed by atoms with Crippen LogP contribution in [0.2, 0.25) is 0 Å². The molecule has 0 aromatic heterocycles. The van der Waals surface area contributed by atoms with Crippen LogP contribution in [0.3, 0.4) is 0 Å². The number of ether oxygens (including phenoxy) is 2. The van der Waals surface area contributed by atoms with Crippen LogP contribution < -0.4 is 10.2 Å². The number of rotatable bonds is 8. The van der Waals surface area contributed by atoms with Crippen molar-refractivity contribution in [2.45, 2.75) is 19.4 Å². The third kappa shape index (κ3) is 4.93. The molecule has 0 unspecified atom stereocenters. The Hall–Kier alpha value is -2.66. The van der Waals surface area contributed by atoms with E-state index < -0.39 is 6.10 Å². The minimum atomic E-state index is -0.699. The number of hydrogen-bond donors (Lipinski definition) is 1. The van der Waals surface area contributed by atoms with Gasteiger partial charge in [-0.3, -0.25) is 4.79 Å². The molecule has 2 rings (SSSR count). The fourth-order valence-electron chi connectivity index (χ4n) is 2.18. The Morgan fingerprint density at radius 2 is 1.88 bits per heavy atom. The maximum Gasteiger partial charge on any atom is 0.273 e. The molecule has 0 aliphatic rings. The van der Waals surface area contributed by atoms with Gasteiger partial charge in [-0.05, 0) is 24.1 Å². The zero-order valence-corrected chi connectivity index (χ0v) is 13.9. The number of hydrazone groups is 1. The first-order valence-corrected chi connectivity index (χ1v) is 7.88. The standard InChI is InChI=1S/C19H22N2O3/c1-3-13-24-17-12-8-7-11-16(17)14-20-21-19(22)18(23-2)15-9-5-4-6-10-15/h4-12,14,18H,3,13H2,1-2H3,(H,21,22)/t18-/m1/s1. The number of methoxy groups -OCH3 is 1. The molecule has 0 radical (unpaired) electrons. The van der Waals surface area contributed by atoms with E-state index in [2.05, 4.69) is 10.5 Å². The van der Waals surface area contributed by atoms with Crippen molar-refractivity contribution in [1.82, 2.24) is 5.43 Å². The van der Waals surface area contributed by atoms with Crippen LogP contribution in [0.1, 0.15) is 30.6 Å². The van der Waals surface area contributed by atoms with Crippen LogP contribution in [0.5, 0.6) is 5.75 Å². The molecule has 24 heavy (non-hydrogen) atoms. The van der Waals surface area contributed by atoms with Gasteiger partial charge >= 0.3 is 0 Å². The molecule has 126 valence electrons. The summed E-state index contributed by atoms with van der Waals surface area (Å²) in [4.78, 5) is 12.2. The Balaban J connectivity index is 2.02. The first kappa shape index (κ1) is 17.7. The van der Waals surface area contributed by atoms with E-state index in [4.69, 9.17) is 9.47 Å². The first-order chi connectivity index (χ1) is 11.8. The molecule has 1 N–H and O–H groups in total. The highest BCUT2D eigenvalue weighted by Gasteiger charge is 2.19. The smallest absolute Gasteiger partial charge is 0.273 e. The molecule has 0 aliphatic heterocycles. The number of nitrogens with zero attached hydrogens (tertiary/aromatic N) is 1. The number of carbonyl (C=O) groups excluding carboxylic acids is 1. The van der Waals surface area contributed by atoms with Gasteiger partial charge in [-0.25, -0.2) is 5.43 Å². The highest BCUT2D eigenvalue weighted by atomic mass is 16.5. The van der Waals surface area contributed by atoms with E-state index in [9.17, 15) is 4.79 Å². The van der Waals surface area contributed by atoms with Crippen molar-refractivity contribution in [3.05, 3.63) is 65.7 Å². The highest BCUT2D eigenvalue weighted by molar-refractivity contribution is 5.86. The molecule has 0 heterocycles. The van der Waals surface area contributed by atoms with Crippen molar-refractivity contribution >= 4 is 12.1 Å². The summed E-state index contributed by atoms with van der Waals surface area (Å²) in [5.74, 6) is 0.413. The predicted molar refractivity (Wildman–Crippen MR) is 94.2 cm³/mol. The summed E-state index contributed by atoms with van der Waals surface area (Å²) in [6.07, 6.45) is 1.80. The van der Waals surface area contributed by atoms with E-state index in [1.54, 1.807) is 6.21 Å². The van der Waals surface area contributed by atoms with Gasteiger partial charge in [-0.15, -0.1) is 0 Å². The van der Waals surface area contributed by atoms with Crippen molar-refractivity contribution in [2.24, 2.45) is 5.10 Å². The molecular weight excluding hydrogens is 304 g/mol. The lowest BCUT2D eigenvalue weighted by Crippen LogP contribution is -2.26. The molecule has 0 fully saturated rings. The zero-order chi connectivity index (χ0) is 17.2. The molecule has 0 spiro atoms. The number of hydrogen-bond acceptors (Lipinski definition) is 4. The molecule has 1 amide bonds. The number of para-hydroxylation sites is 1. The van der Waals surface area contributed by atoms with E-state index in [0.29, 0.717) is 6.61 Å². The van der Waals surface area contributed by atoms with Crippen LogP contribution in [0.25, 0.3) is 0 Å². The Labute approximate surface area is 142 Å². The molecule has 5 nitrogen and oxygen atoms in total. The van der Waals surface area contributed by atoms with Gasteiger partial charge < -0.3 is 9.47 Å². The van der Waals surface area contributed by atoms with E-state index in [1.807, 2.05) is 61.5 Å². The quantitative estimate of drug-likeness (QED) is 0.598. The minimum Gasteiger partial charge on any atom is -0.493 e. The van der Waals surface area contributed by atoms with Gasteiger partial charge in [-0.1, -0.05) is 49.4 Å². The van der Waals surface area contributed by atoms with Crippen LogP contribution in [-0.2, 0) is 9.53 Å². The maximum absolute atomic E-state index is 12.2.